The number of thiazole rings is 1. The summed E-state index contributed by atoms with van der Waals surface area (Å²) < 4.78 is 5.81. The number of ether oxygens (including phenoxy) is 1. The van der Waals surface area contributed by atoms with Crippen molar-refractivity contribution in [2.45, 2.75) is 46.3 Å². The minimum Gasteiger partial charge on any atom is -0.481 e. The molecular weight excluding hydrogens is 340 g/mol. The Morgan fingerprint density at radius 1 is 1.32 bits per heavy atom. The van der Waals surface area contributed by atoms with E-state index in [1.807, 2.05) is 19.1 Å². The van der Waals surface area contributed by atoms with Crippen molar-refractivity contribution in [3.63, 3.8) is 0 Å². The number of carboxylic acid groups (broad SMARTS) is 1. The molecule has 1 atom stereocenters. The maximum Gasteiger partial charge on any atom is 0.355 e. The third-order valence-corrected chi connectivity index (χ3v) is 4.59. The number of aromatic carboxylic acids is 1. The fourth-order valence-electron chi connectivity index (χ4n) is 2.14. The largest absolute Gasteiger partial charge is 0.481 e. The van der Waals surface area contributed by atoms with Crippen molar-refractivity contribution in [3.8, 4) is 5.75 Å². The average Bonchev–Trinajstić information content (AvgIpc) is 3.03. The van der Waals surface area contributed by atoms with Crippen LogP contribution in [0.15, 0.2) is 23.6 Å². The Bertz CT molecular complexity index is 770. The first-order valence-electron chi connectivity index (χ1n) is 8.00. The molecule has 0 spiro atoms. The maximum absolute atomic E-state index is 12.2. The number of benzene rings is 1. The van der Waals surface area contributed by atoms with Crippen LogP contribution in [0.3, 0.4) is 0 Å². The molecular formula is C18H22N2O4S. The zero-order valence-corrected chi connectivity index (χ0v) is 15.5. The molecule has 2 rings (SSSR count). The molecule has 0 aliphatic carbocycles. The number of aromatic nitrogens is 1. The molecule has 2 N–H and O–H groups in total. The lowest BCUT2D eigenvalue weighted by atomic mass is 10.0. The molecule has 1 aromatic carbocycles. The van der Waals surface area contributed by atoms with Crippen molar-refractivity contribution in [1.29, 1.82) is 0 Å². The molecule has 0 bridgehead atoms. The van der Waals surface area contributed by atoms with Gasteiger partial charge in [0.1, 0.15) is 10.8 Å². The Balaban J connectivity index is 1.95. The molecule has 1 amide bonds. The van der Waals surface area contributed by atoms with Crippen LogP contribution in [0.25, 0.3) is 0 Å². The Morgan fingerprint density at radius 2 is 2.04 bits per heavy atom. The fourth-order valence-corrected chi connectivity index (χ4v) is 2.85. The van der Waals surface area contributed by atoms with E-state index in [0.29, 0.717) is 16.7 Å². The van der Waals surface area contributed by atoms with E-state index < -0.39 is 12.1 Å². The quantitative estimate of drug-likeness (QED) is 0.788. The van der Waals surface area contributed by atoms with Crippen LogP contribution < -0.4 is 10.1 Å². The van der Waals surface area contributed by atoms with Crippen LogP contribution in [0.4, 0.5) is 0 Å². The van der Waals surface area contributed by atoms with E-state index in [1.165, 1.54) is 16.7 Å². The predicted molar refractivity (Wildman–Crippen MR) is 96.3 cm³/mol. The summed E-state index contributed by atoms with van der Waals surface area (Å²) in [6, 6.07) is 6.00. The summed E-state index contributed by atoms with van der Waals surface area (Å²) in [5.74, 6) is -0.288. The summed E-state index contributed by atoms with van der Waals surface area (Å²) in [7, 11) is 0. The van der Waals surface area contributed by atoms with Gasteiger partial charge in [-0.05, 0) is 37.0 Å². The number of nitrogens with one attached hydrogen (secondary N) is 1. The van der Waals surface area contributed by atoms with Gasteiger partial charge < -0.3 is 15.2 Å². The second-order valence-electron chi connectivity index (χ2n) is 6.09. The summed E-state index contributed by atoms with van der Waals surface area (Å²) in [5.41, 5.74) is 2.10. The smallest absolute Gasteiger partial charge is 0.355 e. The third-order valence-electron chi connectivity index (χ3n) is 3.74. The molecule has 134 valence electrons. The summed E-state index contributed by atoms with van der Waals surface area (Å²) in [6.45, 7) is 8.00. The SMILES string of the molecule is Cc1ccc(C(C)C)cc1OC(C)C(=O)NCc1nc(C(=O)O)cs1. The summed E-state index contributed by atoms with van der Waals surface area (Å²) >= 11 is 1.20. The maximum atomic E-state index is 12.2. The van der Waals surface area contributed by atoms with E-state index in [-0.39, 0.29) is 18.1 Å². The van der Waals surface area contributed by atoms with Gasteiger partial charge in [-0.1, -0.05) is 26.0 Å². The minimum absolute atomic E-state index is 0.0142. The lowest BCUT2D eigenvalue weighted by molar-refractivity contribution is -0.127. The molecule has 7 heteroatoms. The molecule has 0 saturated carbocycles. The number of hydrogen-bond donors (Lipinski definition) is 2. The molecule has 6 nitrogen and oxygen atoms in total. The zero-order valence-electron chi connectivity index (χ0n) is 14.7. The molecule has 1 unspecified atom stereocenters. The molecule has 0 aliphatic rings. The fraction of sp³-hybridized carbons (Fsp3) is 0.389. The first kappa shape index (κ1) is 18.9. The number of rotatable bonds is 7. The highest BCUT2D eigenvalue weighted by Gasteiger charge is 2.17. The van der Waals surface area contributed by atoms with Gasteiger partial charge in [0.15, 0.2) is 11.8 Å². The Labute approximate surface area is 150 Å². The normalized spacial score (nSPS) is 12.0. The van der Waals surface area contributed by atoms with Crippen LogP contribution in [0.1, 0.15) is 53.3 Å². The summed E-state index contributed by atoms with van der Waals surface area (Å²) in [5, 5.41) is 13.6. The van der Waals surface area contributed by atoms with Gasteiger partial charge >= 0.3 is 5.97 Å². The van der Waals surface area contributed by atoms with Crippen LogP contribution in [0, 0.1) is 6.92 Å². The van der Waals surface area contributed by atoms with Gasteiger partial charge in [0.2, 0.25) is 0 Å². The number of carbonyl (C=O) groups is 2. The topological polar surface area (TPSA) is 88.5 Å². The van der Waals surface area contributed by atoms with Crippen molar-refractivity contribution in [1.82, 2.24) is 10.3 Å². The van der Waals surface area contributed by atoms with Gasteiger partial charge in [-0.3, -0.25) is 4.79 Å². The number of hydrogen-bond acceptors (Lipinski definition) is 5. The van der Waals surface area contributed by atoms with Crippen molar-refractivity contribution < 1.29 is 19.4 Å². The second-order valence-corrected chi connectivity index (χ2v) is 7.03. The Hall–Kier alpha value is -2.41. The highest BCUT2D eigenvalue weighted by molar-refractivity contribution is 7.09. The number of carbonyl (C=O) groups excluding carboxylic acids is 1. The molecule has 2 aromatic rings. The Kier molecular flexibility index (Phi) is 6.14. The number of amides is 1. The molecule has 0 radical (unpaired) electrons. The lowest BCUT2D eigenvalue weighted by Gasteiger charge is -2.17. The van der Waals surface area contributed by atoms with Crippen molar-refractivity contribution in [2.75, 3.05) is 0 Å². The van der Waals surface area contributed by atoms with Crippen LogP contribution >= 0.6 is 11.3 Å². The molecule has 0 aliphatic heterocycles. The molecule has 0 fully saturated rings. The van der Waals surface area contributed by atoms with Crippen molar-refractivity contribution in [2.24, 2.45) is 0 Å². The van der Waals surface area contributed by atoms with Crippen LogP contribution in [-0.2, 0) is 11.3 Å². The van der Waals surface area contributed by atoms with E-state index in [0.717, 1.165) is 11.1 Å². The van der Waals surface area contributed by atoms with Gasteiger partial charge in [0.05, 0.1) is 6.54 Å². The van der Waals surface area contributed by atoms with Gasteiger partial charge in [0.25, 0.3) is 5.91 Å². The van der Waals surface area contributed by atoms with Crippen LogP contribution in [0.2, 0.25) is 0 Å². The van der Waals surface area contributed by atoms with E-state index >= 15 is 0 Å². The monoisotopic (exact) mass is 362 g/mol. The summed E-state index contributed by atoms with van der Waals surface area (Å²) in [4.78, 5) is 27.0. The first-order valence-corrected chi connectivity index (χ1v) is 8.88. The molecule has 1 aromatic heterocycles. The highest BCUT2D eigenvalue weighted by Crippen LogP contribution is 2.25. The van der Waals surface area contributed by atoms with E-state index in [4.69, 9.17) is 9.84 Å². The predicted octanol–water partition coefficient (Wildman–Crippen LogP) is 3.36. The highest BCUT2D eigenvalue weighted by atomic mass is 32.1. The van der Waals surface area contributed by atoms with E-state index in [2.05, 4.69) is 30.2 Å². The van der Waals surface area contributed by atoms with E-state index in [1.54, 1.807) is 6.92 Å². The van der Waals surface area contributed by atoms with Crippen molar-refractivity contribution in [3.05, 3.63) is 45.4 Å². The third kappa shape index (κ3) is 5.03. The number of carboxylic acids is 1. The zero-order chi connectivity index (χ0) is 18.6. The lowest BCUT2D eigenvalue weighted by Crippen LogP contribution is -2.36. The molecule has 0 saturated heterocycles. The van der Waals surface area contributed by atoms with Crippen LogP contribution in [0.5, 0.6) is 5.75 Å². The van der Waals surface area contributed by atoms with Gasteiger partial charge in [-0.15, -0.1) is 11.3 Å². The van der Waals surface area contributed by atoms with E-state index in [9.17, 15) is 9.59 Å². The standard InChI is InChI=1S/C18H22N2O4S/c1-10(2)13-6-5-11(3)15(7-13)24-12(4)17(21)19-8-16-20-14(9-25-16)18(22)23/h5-7,9-10,12H,8H2,1-4H3,(H,19,21)(H,22,23). The number of aryl methyl sites for hydroxylation is 1. The van der Waals surface area contributed by atoms with Gasteiger partial charge in [-0.2, -0.15) is 0 Å². The molecule has 1 heterocycles. The van der Waals surface area contributed by atoms with Crippen LogP contribution in [-0.4, -0.2) is 28.1 Å². The summed E-state index contributed by atoms with van der Waals surface area (Å²) in [6.07, 6.45) is -0.667. The van der Waals surface area contributed by atoms with Gasteiger partial charge in [0, 0.05) is 5.38 Å². The Morgan fingerprint density at radius 3 is 2.64 bits per heavy atom. The van der Waals surface area contributed by atoms with Crippen molar-refractivity contribution >= 4 is 23.2 Å². The first-order chi connectivity index (χ1) is 11.8. The number of nitrogens with zero attached hydrogens (tertiary/aromatic N) is 1. The second kappa shape index (κ2) is 8.11. The minimum atomic E-state index is -1.08. The van der Waals surface area contributed by atoms with Gasteiger partial charge in [-0.25, -0.2) is 9.78 Å². The average molecular weight is 362 g/mol. The molecule has 25 heavy (non-hydrogen) atoms.